The second kappa shape index (κ2) is 11.0. The van der Waals surface area contributed by atoms with E-state index in [1.54, 1.807) is 0 Å². The summed E-state index contributed by atoms with van der Waals surface area (Å²) in [6.07, 6.45) is 4.01. The van der Waals surface area contributed by atoms with Gasteiger partial charge in [-0.2, -0.15) is 0 Å². The van der Waals surface area contributed by atoms with E-state index in [1.807, 2.05) is 0 Å². The third-order valence-electron chi connectivity index (χ3n) is 2.65. The van der Waals surface area contributed by atoms with Gasteiger partial charge in [-0.15, -0.1) is 0 Å². The Bertz CT molecular complexity index is 160. The summed E-state index contributed by atoms with van der Waals surface area (Å²) >= 11 is 0. The van der Waals surface area contributed by atoms with Crippen LogP contribution in [0.2, 0.25) is 0 Å². The van der Waals surface area contributed by atoms with Gasteiger partial charge in [-0.05, 0) is 59.8 Å². The summed E-state index contributed by atoms with van der Waals surface area (Å²) in [7, 11) is 2.21. The maximum atomic E-state index is 5.52. The van der Waals surface area contributed by atoms with E-state index in [9.17, 15) is 0 Å². The number of nitrogens with zero attached hydrogens (tertiary/aromatic N) is 1. The number of hydrogen-bond donors (Lipinski definition) is 1. The van der Waals surface area contributed by atoms with Crippen molar-refractivity contribution in [3.05, 3.63) is 0 Å². The first-order chi connectivity index (χ1) is 8.02. The summed E-state index contributed by atoms with van der Waals surface area (Å²) < 4.78 is 5.52. The maximum absolute atomic E-state index is 5.52. The Morgan fingerprint density at radius 3 is 2.24 bits per heavy atom. The van der Waals surface area contributed by atoms with Crippen LogP contribution < -0.4 is 5.32 Å². The van der Waals surface area contributed by atoms with Crippen molar-refractivity contribution in [2.24, 2.45) is 0 Å². The average molecular weight is 244 g/mol. The molecule has 0 aliphatic carbocycles. The van der Waals surface area contributed by atoms with Gasteiger partial charge in [-0.25, -0.2) is 0 Å². The number of hydrogen-bond acceptors (Lipinski definition) is 3. The van der Waals surface area contributed by atoms with Gasteiger partial charge < -0.3 is 15.0 Å². The van der Waals surface area contributed by atoms with Crippen LogP contribution in [0.15, 0.2) is 0 Å². The predicted molar refractivity (Wildman–Crippen MR) is 75.6 cm³/mol. The van der Waals surface area contributed by atoms with Crippen molar-refractivity contribution in [1.82, 2.24) is 10.2 Å². The fraction of sp³-hybridized carbons (Fsp3) is 1.00. The third-order valence-corrected chi connectivity index (χ3v) is 2.65. The van der Waals surface area contributed by atoms with Gasteiger partial charge >= 0.3 is 0 Å². The number of unbranched alkanes of at least 4 members (excludes halogenated alkanes) is 1. The topological polar surface area (TPSA) is 24.5 Å². The second-order valence-corrected chi connectivity index (χ2v) is 5.39. The molecule has 0 aliphatic rings. The zero-order chi connectivity index (χ0) is 13.1. The highest BCUT2D eigenvalue weighted by Gasteiger charge is 1.99. The highest BCUT2D eigenvalue weighted by molar-refractivity contribution is 4.57. The molecule has 104 valence electrons. The van der Waals surface area contributed by atoms with Gasteiger partial charge in [0.15, 0.2) is 0 Å². The molecule has 0 radical (unpaired) electrons. The lowest BCUT2D eigenvalue weighted by Gasteiger charge is -2.17. The standard InChI is InChI=1S/C14H32N2O/c1-13(2)15-9-8-11-16(5)10-6-7-12-17-14(3)4/h13-15H,6-12H2,1-5H3. The maximum Gasteiger partial charge on any atom is 0.0518 e. The lowest BCUT2D eigenvalue weighted by Crippen LogP contribution is -2.28. The molecule has 0 fully saturated rings. The summed E-state index contributed by atoms with van der Waals surface area (Å²) in [5.74, 6) is 0. The molecule has 0 saturated heterocycles. The van der Waals surface area contributed by atoms with Gasteiger partial charge in [-0.3, -0.25) is 0 Å². The van der Waals surface area contributed by atoms with Crippen molar-refractivity contribution in [2.45, 2.75) is 59.1 Å². The fourth-order valence-corrected chi connectivity index (χ4v) is 1.65. The molecule has 0 aliphatic heterocycles. The molecule has 0 saturated carbocycles. The van der Waals surface area contributed by atoms with Crippen LogP contribution in [-0.4, -0.2) is 50.3 Å². The minimum absolute atomic E-state index is 0.370. The Hall–Kier alpha value is -0.120. The monoisotopic (exact) mass is 244 g/mol. The van der Waals surface area contributed by atoms with E-state index in [1.165, 1.54) is 32.4 Å². The zero-order valence-corrected chi connectivity index (χ0v) is 12.5. The molecule has 0 amide bonds. The van der Waals surface area contributed by atoms with Gasteiger partial charge in [0, 0.05) is 12.6 Å². The van der Waals surface area contributed by atoms with Crippen LogP contribution in [0.5, 0.6) is 0 Å². The van der Waals surface area contributed by atoms with Gasteiger partial charge in [0.2, 0.25) is 0 Å². The first kappa shape index (κ1) is 16.9. The summed E-state index contributed by atoms with van der Waals surface area (Å²) in [5, 5.41) is 3.44. The van der Waals surface area contributed by atoms with Crippen LogP contribution in [0.1, 0.15) is 47.0 Å². The predicted octanol–water partition coefficient (Wildman–Crippen LogP) is 2.51. The SMILES string of the molecule is CC(C)NCCCN(C)CCCCOC(C)C. The molecule has 0 aromatic heterocycles. The van der Waals surface area contributed by atoms with Crippen molar-refractivity contribution in [1.29, 1.82) is 0 Å². The van der Waals surface area contributed by atoms with Crippen molar-refractivity contribution in [3.63, 3.8) is 0 Å². The number of rotatable bonds is 11. The Labute approximate surface area is 108 Å². The lowest BCUT2D eigenvalue weighted by molar-refractivity contribution is 0.0746. The van der Waals surface area contributed by atoms with Crippen LogP contribution in [0.4, 0.5) is 0 Å². The van der Waals surface area contributed by atoms with Crippen LogP contribution in [0, 0.1) is 0 Å². The molecule has 0 spiro atoms. The molecule has 0 atom stereocenters. The van der Waals surface area contributed by atoms with Gasteiger partial charge in [0.05, 0.1) is 6.10 Å². The second-order valence-electron chi connectivity index (χ2n) is 5.39. The van der Waals surface area contributed by atoms with Gasteiger partial charge in [-0.1, -0.05) is 13.8 Å². The van der Waals surface area contributed by atoms with Crippen LogP contribution in [0.3, 0.4) is 0 Å². The van der Waals surface area contributed by atoms with Gasteiger partial charge in [0.1, 0.15) is 0 Å². The normalized spacial score (nSPS) is 12.0. The smallest absolute Gasteiger partial charge is 0.0518 e. The van der Waals surface area contributed by atoms with E-state index in [0.717, 1.165) is 13.2 Å². The third kappa shape index (κ3) is 13.8. The minimum Gasteiger partial charge on any atom is -0.379 e. The lowest BCUT2D eigenvalue weighted by atomic mass is 10.3. The van der Waals surface area contributed by atoms with Crippen molar-refractivity contribution in [2.75, 3.05) is 33.3 Å². The molecule has 0 aromatic carbocycles. The minimum atomic E-state index is 0.370. The molecule has 17 heavy (non-hydrogen) atoms. The molecule has 1 N–H and O–H groups in total. The highest BCUT2D eigenvalue weighted by Crippen LogP contribution is 1.97. The van der Waals surface area contributed by atoms with Crippen LogP contribution >= 0.6 is 0 Å². The van der Waals surface area contributed by atoms with E-state index < -0.39 is 0 Å². The summed E-state index contributed by atoms with van der Waals surface area (Å²) in [4.78, 5) is 2.41. The van der Waals surface area contributed by atoms with E-state index >= 15 is 0 Å². The van der Waals surface area contributed by atoms with E-state index in [4.69, 9.17) is 4.74 Å². The van der Waals surface area contributed by atoms with E-state index in [2.05, 4.69) is 45.0 Å². The number of ether oxygens (including phenoxy) is 1. The zero-order valence-electron chi connectivity index (χ0n) is 12.5. The van der Waals surface area contributed by atoms with Crippen molar-refractivity contribution in [3.8, 4) is 0 Å². The summed E-state index contributed by atoms with van der Waals surface area (Å²) in [6.45, 7) is 13.0. The molecule has 0 bridgehead atoms. The average Bonchev–Trinajstić information content (AvgIpc) is 2.23. The van der Waals surface area contributed by atoms with Gasteiger partial charge in [0.25, 0.3) is 0 Å². The Balaban J connectivity index is 3.20. The van der Waals surface area contributed by atoms with Crippen LogP contribution in [-0.2, 0) is 4.74 Å². The Morgan fingerprint density at radius 2 is 1.65 bits per heavy atom. The molecule has 3 heteroatoms. The Kier molecular flexibility index (Phi) is 10.9. The Morgan fingerprint density at radius 1 is 1.00 bits per heavy atom. The summed E-state index contributed by atoms with van der Waals surface area (Å²) in [5.41, 5.74) is 0. The molecular weight excluding hydrogens is 212 g/mol. The molecule has 0 aromatic rings. The molecule has 0 unspecified atom stereocenters. The van der Waals surface area contributed by atoms with Crippen molar-refractivity contribution >= 4 is 0 Å². The fourth-order valence-electron chi connectivity index (χ4n) is 1.65. The quantitative estimate of drug-likeness (QED) is 0.565. The van der Waals surface area contributed by atoms with Crippen molar-refractivity contribution < 1.29 is 4.74 Å². The van der Waals surface area contributed by atoms with E-state index in [-0.39, 0.29) is 0 Å². The van der Waals surface area contributed by atoms with E-state index in [0.29, 0.717) is 12.1 Å². The summed E-state index contributed by atoms with van der Waals surface area (Å²) in [6, 6.07) is 0.605. The number of nitrogens with one attached hydrogen (secondary N) is 1. The molecule has 3 nitrogen and oxygen atoms in total. The molecule has 0 heterocycles. The van der Waals surface area contributed by atoms with Crippen LogP contribution in [0.25, 0.3) is 0 Å². The first-order valence-corrected chi connectivity index (χ1v) is 7.06. The molecule has 0 rings (SSSR count). The largest absolute Gasteiger partial charge is 0.379 e. The molecular formula is C14H32N2O. The first-order valence-electron chi connectivity index (χ1n) is 7.06. The highest BCUT2D eigenvalue weighted by atomic mass is 16.5.